The average molecular weight is 360 g/mol. The topological polar surface area (TPSA) is 66.8 Å². The fourth-order valence-corrected chi connectivity index (χ4v) is 2.91. The Hall–Kier alpha value is -1.46. The van der Waals surface area contributed by atoms with Crippen LogP contribution in [-0.2, 0) is 9.53 Å². The third kappa shape index (κ3) is 4.30. The molecule has 2 rings (SSSR count). The molecule has 5 nitrogen and oxygen atoms in total. The number of carbonyl (C=O) groups excluding carboxylic acids is 1. The molecule has 23 heavy (non-hydrogen) atoms. The molecule has 1 N–H and O–H groups in total. The molecule has 1 fully saturated rings. The first-order valence-corrected chi connectivity index (χ1v) is 8.01. The summed E-state index contributed by atoms with van der Waals surface area (Å²) < 4.78 is 5.31. The fourth-order valence-electron chi connectivity index (χ4n) is 2.60. The van der Waals surface area contributed by atoms with Gasteiger partial charge in [0, 0.05) is 12.5 Å². The fraction of sp³-hybridized carbons (Fsp3) is 0.500. The molecule has 0 radical (unpaired) electrons. The number of ether oxygens (including phenoxy) is 1. The van der Waals surface area contributed by atoms with Gasteiger partial charge in [0.1, 0.15) is 11.6 Å². The Kier molecular flexibility index (Phi) is 5.11. The highest BCUT2D eigenvalue weighted by Crippen LogP contribution is 2.35. The average Bonchev–Trinajstić information content (AvgIpc) is 2.85. The van der Waals surface area contributed by atoms with Crippen molar-refractivity contribution in [2.24, 2.45) is 0 Å². The van der Waals surface area contributed by atoms with Crippen molar-refractivity contribution in [1.82, 2.24) is 4.90 Å². The number of carboxylic acid groups (broad SMARTS) is 1. The van der Waals surface area contributed by atoms with E-state index >= 15 is 0 Å². The summed E-state index contributed by atoms with van der Waals surface area (Å²) in [7, 11) is 0. The second-order valence-electron chi connectivity index (χ2n) is 6.59. The van der Waals surface area contributed by atoms with E-state index in [1.54, 1.807) is 39.0 Å². The van der Waals surface area contributed by atoms with E-state index in [1.807, 2.05) is 0 Å². The van der Waals surface area contributed by atoms with Crippen LogP contribution in [0.25, 0.3) is 0 Å². The van der Waals surface area contributed by atoms with E-state index in [2.05, 4.69) is 0 Å². The molecule has 7 heteroatoms. The van der Waals surface area contributed by atoms with E-state index < -0.39 is 23.7 Å². The van der Waals surface area contributed by atoms with Crippen LogP contribution < -0.4 is 0 Å². The number of aliphatic carboxylic acids is 1. The molecule has 1 heterocycles. The second kappa shape index (κ2) is 6.57. The summed E-state index contributed by atoms with van der Waals surface area (Å²) in [4.78, 5) is 25.0. The largest absolute Gasteiger partial charge is 0.480 e. The number of carbonyl (C=O) groups is 2. The van der Waals surface area contributed by atoms with Crippen LogP contribution in [0.4, 0.5) is 4.79 Å². The highest BCUT2D eigenvalue weighted by molar-refractivity contribution is 6.42. The van der Waals surface area contributed by atoms with Gasteiger partial charge >= 0.3 is 12.1 Å². The van der Waals surface area contributed by atoms with E-state index in [9.17, 15) is 14.7 Å². The second-order valence-corrected chi connectivity index (χ2v) is 7.41. The van der Waals surface area contributed by atoms with Gasteiger partial charge in [0.2, 0.25) is 0 Å². The van der Waals surface area contributed by atoms with Crippen molar-refractivity contribution in [3.05, 3.63) is 33.8 Å². The quantitative estimate of drug-likeness (QED) is 0.860. The molecule has 0 bridgehead atoms. The van der Waals surface area contributed by atoms with E-state index in [-0.39, 0.29) is 12.5 Å². The van der Waals surface area contributed by atoms with Gasteiger partial charge in [-0.3, -0.25) is 4.90 Å². The van der Waals surface area contributed by atoms with Gasteiger partial charge in [-0.05, 0) is 44.9 Å². The van der Waals surface area contributed by atoms with Gasteiger partial charge in [-0.15, -0.1) is 0 Å². The first-order valence-electron chi connectivity index (χ1n) is 7.26. The number of rotatable bonds is 2. The van der Waals surface area contributed by atoms with E-state index in [0.717, 1.165) is 5.56 Å². The number of halogens is 2. The highest BCUT2D eigenvalue weighted by atomic mass is 35.5. The van der Waals surface area contributed by atoms with Crippen LogP contribution in [0.5, 0.6) is 0 Å². The van der Waals surface area contributed by atoms with Crippen molar-refractivity contribution in [3.8, 4) is 0 Å². The van der Waals surface area contributed by atoms with E-state index in [1.165, 1.54) is 4.90 Å². The van der Waals surface area contributed by atoms with Gasteiger partial charge in [0.15, 0.2) is 0 Å². The molecule has 0 spiro atoms. The summed E-state index contributed by atoms with van der Waals surface area (Å²) in [6.07, 6.45) is -0.306. The lowest BCUT2D eigenvalue weighted by Gasteiger charge is -2.26. The Balaban J connectivity index is 2.22. The molecule has 1 aliphatic rings. The Morgan fingerprint density at radius 1 is 1.26 bits per heavy atom. The van der Waals surface area contributed by atoms with Gasteiger partial charge in [0.05, 0.1) is 10.0 Å². The third-order valence-electron chi connectivity index (χ3n) is 3.63. The van der Waals surface area contributed by atoms with Crippen molar-refractivity contribution in [3.63, 3.8) is 0 Å². The standard InChI is InChI=1S/C16H19Cl2NO4/c1-16(2,3)23-15(22)19-8-10(7-13(19)14(20)21)9-4-5-11(17)12(18)6-9/h4-6,10,13H,7-8H2,1-3H3,(H,20,21). The first kappa shape index (κ1) is 17.9. The van der Waals surface area contributed by atoms with Crippen molar-refractivity contribution in [2.45, 2.75) is 44.8 Å². The number of likely N-dealkylation sites (tertiary alicyclic amines) is 1. The number of hydrogen-bond acceptors (Lipinski definition) is 3. The summed E-state index contributed by atoms with van der Waals surface area (Å²) in [6, 6.07) is 4.28. The zero-order valence-electron chi connectivity index (χ0n) is 13.2. The lowest BCUT2D eigenvalue weighted by Crippen LogP contribution is -2.43. The van der Waals surface area contributed by atoms with Crippen LogP contribution in [0.15, 0.2) is 18.2 Å². The van der Waals surface area contributed by atoms with Gasteiger partial charge < -0.3 is 9.84 Å². The molecule has 1 aliphatic heterocycles. The number of carboxylic acids is 1. The Bertz CT molecular complexity index is 627. The Morgan fingerprint density at radius 3 is 2.43 bits per heavy atom. The molecular formula is C16H19Cl2NO4. The zero-order chi connectivity index (χ0) is 17.4. The molecule has 0 saturated carbocycles. The predicted octanol–water partition coefficient (Wildman–Crippen LogP) is 4.17. The van der Waals surface area contributed by atoms with Crippen molar-refractivity contribution in [2.75, 3.05) is 6.54 Å². The molecule has 1 saturated heterocycles. The molecule has 0 aliphatic carbocycles. The number of nitrogens with zero attached hydrogens (tertiary/aromatic N) is 1. The maximum Gasteiger partial charge on any atom is 0.411 e. The molecule has 1 aromatic carbocycles. The maximum absolute atomic E-state index is 12.3. The third-order valence-corrected chi connectivity index (χ3v) is 4.37. The first-order chi connectivity index (χ1) is 10.6. The monoisotopic (exact) mass is 359 g/mol. The van der Waals surface area contributed by atoms with Gasteiger partial charge in [-0.25, -0.2) is 9.59 Å². The van der Waals surface area contributed by atoms with Gasteiger partial charge in [-0.2, -0.15) is 0 Å². The van der Waals surface area contributed by atoms with Crippen LogP contribution in [0.3, 0.4) is 0 Å². The van der Waals surface area contributed by atoms with Crippen LogP contribution in [0.2, 0.25) is 10.0 Å². The summed E-state index contributed by atoms with van der Waals surface area (Å²) in [5.74, 6) is -1.17. The Labute approximate surface area is 145 Å². The number of benzene rings is 1. The summed E-state index contributed by atoms with van der Waals surface area (Å²) >= 11 is 11.9. The SMILES string of the molecule is CC(C)(C)OC(=O)N1CC(c2ccc(Cl)c(Cl)c2)CC1C(=O)O. The molecule has 1 amide bonds. The zero-order valence-corrected chi connectivity index (χ0v) is 14.7. The summed E-state index contributed by atoms with van der Waals surface area (Å²) in [5.41, 5.74) is 0.179. The van der Waals surface area contributed by atoms with Crippen LogP contribution in [0, 0.1) is 0 Å². The normalized spacial score (nSPS) is 21.3. The Morgan fingerprint density at radius 2 is 1.91 bits per heavy atom. The van der Waals surface area contributed by atoms with Crippen molar-refractivity contribution < 1.29 is 19.4 Å². The van der Waals surface area contributed by atoms with Crippen molar-refractivity contribution in [1.29, 1.82) is 0 Å². The number of amides is 1. The summed E-state index contributed by atoms with van der Waals surface area (Å²) in [5, 5.41) is 10.2. The minimum atomic E-state index is -1.04. The van der Waals surface area contributed by atoms with Crippen LogP contribution in [-0.4, -0.2) is 40.3 Å². The van der Waals surface area contributed by atoms with E-state index in [0.29, 0.717) is 16.5 Å². The molecular weight excluding hydrogens is 341 g/mol. The minimum Gasteiger partial charge on any atom is -0.480 e. The molecule has 2 atom stereocenters. The highest BCUT2D eigenvalue weighted by Gasteiger charge is 2.42. The predicted molar refractivity (Wildman–Crippen MR) is 88.2 cm³/mol. The van der Waals surface area contributed by atoms with Gasteiger partial charge in [-0.1, -0.05) is 29.3 Å². The molecule has 0 aromatic heterocycles. The van der Waals surface area contributed by atoms with Crippen LogP contribution in [0.1, 0.15) is 38.7 Å². The molecule has 2 unspecified atom stereocenters. The molecule has 126 valence electrons. The van der Waals surface area contributed by atoms with Gasteiger partial charge in [0.25, 0.3) is 0 Å². The maximum atomic E-state index is 12.3. The number of hydrogen-bond donors (Lipinski definition) is 1. The lowest BCUT2D eigenvalue weighted by molar-refractivity contribution is -0.142. The summed E-state index contributed by atoms with van der Waals surface area (Å²) in [6.45, 7) is 5.50. The molecule has 1 aromatic rings. The van der Waals surface area contributed by atoms with E-state index in [4.69, 9.17) is 27.9 Å². The lowest BCUT2D eigenvalue weighted by atomic mass is 9.96. The smallest absolute Gasteiger partial charge is 0.411 e. The van der Waals surface area contributed by atoms with Crippen molar-refractivity contribution >= 4 is 35.3 Å². The minimum absolute atomic E-state index is 0.126. The van der Waals surface area contributed by atoms with Crippen LogP contribution >= 0.6 is 23.2 Å².